The van der Waals surface area contributed by atoms with Crippen molar-refractivity contribution in [2.75, 3.05) is 6.61 Å². The maximum absolute atomic E-state index is 10.8. The molecule has 0 unspecified atom stereocenters. The third-order valence-corrected chi connectivity index (χ3v) is 2.78. The fraction of sp³-hybridized carbons (Fsp3) is 0.300. The second-order valence-corrected chi connectivity index (χ2v) is 3.93. The minimum atomic E-state index is -0.233. The van der Waals surface area contributed by atoms with Crippen molar-refractivity contribution in [3.05, 3.63) is 28.2 Å². The van der Waals surface area contributed by atoms with Crippen LogP contribution in [-0.4, -0.2) is 12.5 Å². The Morgan fingerprint density at radius 2 is 2.33 bits per heavy atom. The van der Waals surface area contributed by atoms with Gasteiger partial charge in [-0.1, -0.05) is 15.9 Å². The highest BCUT2D eigenvalue weighted by atomic mass is 79.9. The van der Waals surface area contributed by atoms with Gasteiger partial charge in [0.15, 0.2) is 0 Å². The molecule has 1 aromatic rings. The second kappa shape index (κ2) is 5.72. The summed E-state index contributed by atoms with van der Waals surface area (Å²) in [5.74, 6) is 5.45. The first-order valence-corrected chi connectivity index (χ1v) is 5.31. The molecule has 4 nitrogen and oxygen atoms in total. The highest BCUT2D eigenvalue weighted by Crippen LogP contribution is 2.21. The second-order valence-electron chi connectivity index (χ2n) is 3.08. The number of hydrogen-bond acceptors (Lipinski definition) is 3. The van der Waals surface area contributed by atoms with Crippen molar-refractivity contribution < 1.29 is 9.53 Å². The van der Waals surface area contributed by atoms with E-state index in [0.29, 0.717) is 6.61 Å². The molecule has 0 saturated carbocycles. The molecule has 1 amide bonds. The summed E-state index contributed by atoms with van der Waals surface area (Å²) in [6.45, 7) is 2.30. The van der Waals surface area contributed by atoms with E-state index in [9.17, 15) is 4.79 Å². The van der Waals surface area contributed by atoms with Gasteiger partial charge in [-0.05, 0) is 30.7 Å². The Morgan fingerprint density at radius 1 is 1.60 bits per heavy atom. The predicted molar refractivity (Wildman–Crippen MR) is 61.3 cm³/mol. The van der Waals surface area contributed by atoms with Crippen LogP contribution in [0.3, 0.4) is 0 Å². The van der Waals surface area contributed by atoms with Crippen molar-refractivity contribution in [1.82, 2.24) is 5.43 Å². The summed E-state index contributed by atoms with van der Waals surface area (Å²) in [6.07, 6.45) is 0.256. The molecule has 0 saturated heterocycles. The quantitative estimate of drug-likeness (QED) is 0.496. The molecule has 0 atom stereocenters. The van der Waals surface area contributed by atoms with Crippen molar-refractivity contribution in [3.63, 3.8) is 0 Å². The topological polar surface area (TPSA) is 64.3 Å². The van der Waals surface area contributed by atoms with Crippen LogP contribution in [-0.2, 0) is 4.79 Å². The smallest absolute Gasteiger partial charge is 0.237 e. The van der Waals surface area contributed by atoms with Gasteiger partial charge in [0.25, 0.3) is 0 Å². The first kappa shape index (κ1) is 12.0. The molecule has 82 valence electrons. The van der Waals surface area contributed by atoms with E-state index in [2.05, 4.69) is 15.9 Å². The molecule has 0 spiro atoms. The van der Waals surface area contributed by atoms with Crippen LogP contribution in [0.4, 0.5) is 0 Å². The van der Waals surface area contributed by atoms with Crippen LogP contribution in [0.5, 0.6) is 5.75 Å². The predicted octanol–water partition coefficient (Wildman–Crippen LogP) is 1.52. The van der Waals surface area contributed by atoms with Gasteiger partial charge in [-0.25, -0.2) is 5.84 Å². The van der Waals surface area contributed by atoms with Gasteiger partial charge in [-0.2, -0.15) is 0 Å². The molecular weight excluding hydrogens is 260 g/mol. The molecule has 1 rings (SSSR count). The number of aryl methyl sites for hydroxylation is 1. The SMILES string of the molecule is Cc1cc(OCCC(=O)NN)ccc1Br. The summed E-state index contributed by atoms with van der Waals surface area (Å²) in [7, 11) is 0. The first-order valence-electron chi connectivity index (χ1n) is 4.52. The molecule has 0 aliphatic heterocycles. The molecule has 15 heavy (non-hydrogen) atoms. The number of carbonyl (C=O) groups excluding carboxylic acids is 1. The van der Waals surface area contributed by atoms with Gasteiger partial charge in [0.2, 0.25) is 5.91 Å². The lowest BCUT2D eigenvalue weighted by molar-refractivity contribution is -0.121. The molecule has 0 fully saturated rings. The van der Waals surface area contributed by atoms with Crippen LogP contribution in [0.1, 0.15) is 12.0 Å². The fourth-order valence-electron chi connectivity index (χ4n) is 1.04. The lowest BCUT2D eigenvalue weighted by atomic mass is 10.2. The Balaban J connectivity index is 2.44. The summed E-state index contributed by atoms with van der Waals surface area (Å²) in [5.41, 5.74) is 3.14. The van der Waals surface area contributed by atoms with E-state index >= 15 is 0 Å². The zero-order chi connectivity index (χ0) is 11.3. The van der Waals surface area contributed by atoms with Gasteiger partial charge < -0.3 is 4.74 Å². The summed E-state index contributed by atoms with van der Waals surface area (Å²) in [5, 5.41) is 0. The Morgan fingerprint density at radius 3 is 2.93 bits per heavy atom. The van der Waals surface area contributed by atoms with Crippen LogP contribution in [0, 0.1) is 6.92 Å². The number of halogens is 1. The Labute approximate surface area is 96.9 Å². The van der Waals surface area contributed by atoms with Gasteiger partial charge in [-0.15, -0.1) is 0 Å². The van der Waals surface area contributed by atoms with E-state index in [4.69, 9.17) is 10.6 Å². The average molecular weight is 273 g/mol. The largest absolute Gasteiger partial charge is 0.493 e. The molecular formula is C10H13BrN2O2. The molecule has 1 aromatic carbocycles. The summed E-state index contributed by atoms with van der Waals surface area (Å²) >= 11 is 3.40. The maximum atomic E-state index is 10.8. The molecule has 0 aromatic heterocycles. The summed E-state index contributed by atoms with van der Waals surface area (Å²) < 4.78 is 6.41. The van der Waals surface area contributed by atoms with Crippen molar-refractivity contribution in [3.8, 4) is 5.75 Å². The van der Waals surface area contributed by atoms with Crippen molar-refractivity contribution in [2.24, 2.45) is 5.84 Å². The molecule has 0 bridgehead atoms. The lowest BCUT2D eigenvalue weighted by Gasteiger charge is -2.07. The number of rotatable bonds is 4. The molecule has 0 heterocycles. The lowest BCUT2D eigenvalue weighted by Crippen LogP contribution is -2.31. The zero-order valence-electron chi connectivity index (χ0n) is 8.42. The van der Waals surface area contributed by atoms with Gasteiger partial charge in [0.1, 0.15) is 5.75 Å². The third-order valence-electron chi connectivity index (χ3n) is 1.89. The van der Waals surface area contributed by atoms with E-state index in [-0.39, 0.29) is 12.3 Å². The number of benzene rings is 1. The van der Waals surface area contributed by atoms with Crippen molar-refractivity contribution in [2.45, 2.75) is 13.3 Å². The molecule has 5 heteroatoms. The number of amides is 1. The monoisotopic (exact) mass is 272 g/mol. The number of hydrazine groups is 1. The Kier molecular flexibility index (Phi) is 4.58. The Bertz CT molecular complexity index is 355. The fourth-order valence-corrected chi connectivity index (χ4v) is 1.29. The van der Waals surface area contributed by atoms with Gasteiger partial charge in [0, 0.05) is 4.47 Å². The molecule has 3 N–H and O–H groups in total. The van der Waals surface area contributed by atoms with E-state index < -0.39 is 0 Å². The van der Waals surface area contributed by atoms with Crippen LogP contribution in [0.2, 0.25) is 0 Å². The minimum absolute atomic E-state index is 0.233. The number of nitrogens with one attached hydrogen (secondary N) is 1. The van der Waals surface area contributed by atoms with E-state index in [1.165, 1.54) is 0 Å². The normalized spacial score (nSPS) is 9.80. The van der Waals surface area contributed by atoms with Gasteiger partial charge in [0.05, 0.1) is 13.0 Å². The minimum Gasteiger partial charge on any atom is -0.493 e. The van der Waals surface area contributed by atoms with Crippen LogP contribution >= 0.6 is 15.9 Å². The summed E-state index contributed by atoms with van der Waals surface area (Å²) in [4.78, 5) is 10.8. The van der Waals surface area contributed by atoms with E-state index in [0.717, 1.165) is 15.8 Å². The highest BCUT2D eigenvalue weighted by molar-refractivity contribution is 9.10. The number of nitrogens with two attached hydrogens (primary N) is 1. The number of carbonyl (C=O) groups is 1. The maximum Gasteiger partial charge on any atom is 0.237 e. The summed E-state index contributed by atoms with van der Waals surface area (Å²) in [6, 6.07) is 5.66. The van der Waals surface area contributed by atoms with Crippen LogP contribution < -0.4 is 16.0 Å². The Hall–Kier alpha value is -1.07. The van der Waals surface area contributed by atoms with Gasteiger partial charge >= 0.3 is 0 Å². The molecule has 0 aliphatic carbocycles. The third kappa shape index (κ3) is 3.89. The standard InChI is InChI=1S/C10H13BrN2O2/c1-7-6-8(2-3-9(7)11)15-5-4-10(14)13-12/h2-3,6H,4-5,12H2,1H3,(H,13,14). The number of ether oxygens (including phenoxy) is 1. The van der Waals surface area contributed by atoms with Crippen molar-refractivity contribution >= 4 is 21.8 Å². The van der Waals surface area contributed by atoms with E-state index in [1.54, 1.807) is 0 Å². The first-order chi connectivity index (χ1) is 7.13. The number of hydrogen-bond donors (Lipinski definition) is 2. The molecule has 0 aliphatic rings. The average Bonchev–Trinajstić information content (AvgIpc) is 2.23. The van der Waals surface area contributed by atoms with E-state index in [1.807, 2.05) is 30.5 Å². The molecule has 0 radical (unpaired) electrons. The van der Waals surface area contributed by atoms with Gasteiger partial charge in [-0.3, -0.25) is 10.2 Å². The highest BCUT2D eigenvalue weighted by Gasteiger charge is 2.00. The zero-order valence-corrected chi connectivity index (χ0v) is 10.0. The van der Waals surface area contributed by atoms with Crippen molar-refractivity contribution in [1.29, 1.82) is 0 Å². The van der Waals surface area contributed by atoms with Crippen LogP contribution in [0.15, 0.2) is 22.7 Å². The van der Waals surface area contributed by atoms with Crippen LogP contribution in [0.25, 0.3) is 0 Å².